The van der Waals surface area contributed by atoms with Gasteiger partial charge in [0.2, 0.25) is 5.66 Å². The van der Waals surface area contributed by atoms with Crippen molar-refractivity contribution in [1.82, 2.24) is 14.4 Å². The van der Waals surface area contributed by atoms with Crippen molar-refractivity contribution >= 4 is 23.3 Å². The number of aliphatic imine (C=N–C) groups is 1. The number of ether oxygens (including phenoxy) is 1. The molecular weight excluding hydrogens is 476 g/mol. The zero-order chi connectivity index (χ0) is 24.7. The third-order valence-corrected chi connectivity index (χ3v) is 7.91. The van der Waals surface area contributed by atoms with Crippen LogP contribution < -0.4 is 0 Å². The molecule has 0 saturated carbocycles. The van der Waals surface area contributed by atoms with Gasteiger partial charge >= 0.3 is 0 Å². The standard InChI is InChI=1S/C26H26N6O3S/c1-16-23(32-13-18(19(34)14-33)10-11-21(32)29-16)25-30-22(17-7-3-2-4-8-17)24(36-25)26(27-15-28-31-26)20-9-5-6-12-35-20/h2-4,7-8,10-11,13,15,19-20,33-34H,5-6,9,12,14H2,1H3. The topological polar surface area (TPSA) is 117 Å². The van der Waals surface area contributed by atoms with Crippen LogP contribution in [0, 0.1) is 6.92 Å². The highest BCUT2D eigenvalue weighted by atomic mass is 32.1. The van der Waals surface area contributed by atoms with Crippen LogP contribution in [-0.2, 0) is 10.4 Å². The molecule has 2 N–H and O–H groups in total. The molecule has 9 nitrogen and oxygen atoms in total. The molecule has 5 heterocycles. The predicted octanol–water partition coefficient (Wildman–Crippen LogP) is 4.67. The lowest BCUT2D eigenvalue weighted by molar-refractivity contribution is -0.0305. The second-order valence-corrected chi connectivity index (χ2v) is 10.0. The van der Waals surface area contributed by atoms with Gasteiger partial charge in [0.15, 0.2) is 0 Å². The first-order valence-electron chi connectivity index (χ1n) is 12.0. The zero-order valence-electron chi connectivity index (χ0n) is 19.8. The van der Waals surface area contributed by atoms with Crippen LogP contribution >= 0.6 is 11.3 Å². The van der Waals surface area contributed by atoms with Crippen molar-refractivity contribution in [1.29, 1.82) is 0 Å². The number of nitrogens with zero attached hydrogens (tertiary/aromatic N) is 6. The molecule has 3 aromatic heterocycles. The molecule has 0 spiro atoms. The van der Waals surface area contributed by atoms with Crippen LogP contribution in [0.3, 0.4) is 0 Å². The Hall–Kier alpha value is -3.31. The minimum atomic E-state index is -0.978. The van der Waals surface area contributed by atoms with Crippen molar-refractivity contribution in [2.24, 2.45) is 15.2 Å². The van der Waals surface area contributed by atoms with Gasteiger partial charge in [0.25, 0.3) is 0 Å². The van der Waals surface area contributed by atoms with Gasteiger partial charge in [-0.15, -0.1) is 21.6 Å². The van der Waals surface area contributed by atoms with Gasteiger partial charge in [-0.1, -0.05) is 36.4 Å². The molecule has 3 atom stereocenters. The van der Waals surface area contributed by atoms with Crippen molar-refractivity contribution in [3.05, 3.63) is 64.8 Å². The van der Waals surface area contributed by atoms with E-state index in [1.165, 1.54) is 17.7 Å². The Balaban J connectivity index is 1.57. The van der Waals surface area contributed by atoms with Crippen molar-refractivity contribution in [2.45, 2.75) is 44.1 Å². The van der Waals surface area contributed by atoms with E-state index in [2.05, 4.69) is 10.2 Å². The van der Waals surface area contributed by atoms with Crippen molar-refractivity contribution in [3.8, 4) is 22.0 Å². The number of thiazole rings is 1. The normalized spacial score (nSPS) is 22.5. The Kier molecular flexibility index (Phi) is 5.96. The molecule has 1 fully saturated rings. The van der Waals surface area contributed by atoms with Crippen LogP contribution in [-0.4, -0.2) is 50.2 Å². The summed E-state index contributed by atoms with van der Waals surface area (Å²) < 4.78 is 8.12. The number of azo groups is 1. The van der Waals surface area contributed by atoms with Gasteiger partial charge in [0.1, 0.15) is 34.9 Å². The first-order valence-corrected chi connectivity index (χ1v) is 12.8. The van der Waals surface area contributed by atoms with Crippen molar-refractivity contribution in [2.75, 3.05) is 13.2 Å². The molecule has 6 rings (SSSR count). The summed E-state index contributed by atoms with van der Waals surface area (Å²) in [5.41, 5.74) is 3.75. The number of rotatable bonds is 6. The highest BCUT2D eigenvalue weighted by molar-refractivity contribution is 7.15. The van der Waals surface area contributed by atoms with Gasteiger partial charge in [-0.2, -0.15) is 0 Å². The second-order valence-electron chi connectivity index (χ2n) is 9.04. The summed E-state index contributed by atoms with van der Waals surface area (Å²) in [5, 5.41) is 29.3. The van der Waals surface area contributed by atoms with E-state index in [0.717, 1.165) is 57.4 Å². The summed E-state index contributed by atoms with van der Waals surface area (Å²) in [7, 11) is 0. The van der Waals surface area contributed by atoms with Gasteiger partial charge in [-0.05, 0) is 37.8 Å². The highest BCUT2D eigenvalue weighted by Gasteiger charge is 2.48. The van der Waals surface area contributed by atoms with E-state index in [-0.39, 0.29) is 12.7 Å². The fraction of sp³-hybridized carbons (Fsp3) is 0.346. The first kappa shape index (κ1) is 23.1. The number of imidazole rings is 1. The number of benzene rings is 1. The lowest BCUT2D eigenvalue weighted by Gasteiger charge is -2.33. The van der Waals surface area contributed by atoms with Crippen LogP contribution in [0.5, 0.6) is 0 Å². The minimum Gasteiger partial charge on any atom is -0.393 e. The fourth-order valence-corrected chi connectivity index (χ4v) is 6.22. The number of aromatic nitrogens is 3. The molecule has 0 radical (unpaired) electrons. The fourth-order valence-electron chi connectivity index (χ4n) is 4.91. The van der Waals surface area contributed by atoms with E-state index in [1.807, 2.05) is 53.9 Å². The summed E-state index contributed by atoms with van der Waals surface area (Å²) in [6.07, 6.45) is 5.03. The quantitative estimate of drug-likeness (QED) is 0.397. The number of pyridine rings is 1. The molecule has 184 valence electrons. The molecule has 0 amide bonds. The lowest BCUT2D eigenvalue weighted by atomic mass is 9.93. The molecule has 2 aliphatic rings. The van der Waals surface area contributed by atoms with E-state index in [4.69, 9.17) is 19.7 Å². The number of fused-ring (bicyclic) bond motifs is 1. The maximum absolute atomic E-state index is 10.2. The van der Waals surface area contributed by atoms with Crippen molar-refractivity contribution in [3.63, 3.8) is 0 Å². The minimum absolute atomic E-state index is 0.223. The molecule has 4 aromatic rings. The van der Waals surface area contributed by atoms with E-state index in [9.17, 15) is 10.2 Å². The van der Waals surface area contributed by atoms with Crippen LogP contribution in [0.1, 0.15) is 41.5 Å². The Morgan fingerprint density at radius 1 is 1.17 bits per heavy atom. The summed E-state index contributed by atoms with van der Waals surface area (Å²) >= 11 is 1.52. The number of aliphatic hydroxyl groups excluding tert-OH is 2. The van der Waals surface area contributed by atoms with Gasteiger partial charge in [-0.3, -0.25) is 4.40 Å². The summed E-state index contributed by atoms with van der Waals surface area (Å²) in [6.45, 7) is 2.26. The SMILES string of the molecule is Cc1nc2ccc(C(O)CO)cn2c1-c1nc(-c2ccccc2)c(C2(C3CCCCO3)N=CN=N2)s1. The molecule has 2 aliphatic heterocycles. The number of hydrogen-bond acceptors (Lipinski definition) is 9. The Labute approximate surface area is 211 Å². The van der Waals surface area contributed by atoms with Crippen LogP contribution in [0.2, 0.25) is 0 Å². The maximum atomic E-state index is 10.2. The van der Waals surface area contributed by atoms with Gasteiger partial charge in [0.05, 0.1) is 22.9 Å². The summed E-state index contributed by atoms with van der Waals surface area (Å²) in [6, 6.07) is 13.6. The first-order chi connectivity index (χ1) is 17.6. The van der Waals surface area contributed by atoms with E-state index in [1.54, 1.807) is 6.07 Å². The largest absolute Gasteiger partial charge is 0.393 e. The number of aliphatic hydroxyl groups is 2. The number of aryl methyl sites for hydroxylation is 1. The van der Waals surface area contributed by atoms with E-state index in [0.29, 0.717) is 12.2 Å². The monoisotopic (exact) mass is 502 g/mol. The molecule has 0 aliphatic carbocycles. The average molecular weight is 503 g/mol. The number of hydrogen-bond donors (Lipinski definition) is 2. The van der Waals surface area contributed by atoms with E-state index < -0.39 is 11.8 Å². The molecule has 10 heteroatoms. The maximum Gasteiger partial charge on any atom is 0.234 e. The molecule has 36 heavy (non-hydrogen) atoms. The van der Waals surface area contributed by atoms with Crippen LogP contribution in [0.25, 0.3) is 27.6 Å². The summed E-state index contributed by atoms with van der Waals surface area (Å²) in [5.74, 6) is 0. The Morgan fingerprint density at radius 3 is 2.75 bits per heavy atom. The van der Waals surface area contributed by atoms with Crippen LogP contribution in [0.4, 0.5) is 0 Å². The molecule has 1 aromatic carbocycles. The average Bonchev–Trinajstić information content (AvgIpc) is 3.66. The zero-order valence-corrected chi connectivity index (χ0v) is 20.6. The van der Waals surface area contributed by atoms with Gasteiger partial charge < -0.3 is 14.9 Å². The van der Waals surface area contributed by atoms with Gasteiger partial charge in [0, 0.05) is 18.4 Å². The second kappa shape index (κ2) is 9.29. The van der Waals surface area contributed by atoms with E-state index >= 15 is 0 Å². The summed E-state index contributed by atoms with van der Waals surface area (Å²) in [4.78, 5) is 15.5. The molecule has 1 saturated heterocycles. The molecule has 3 unspecified atom stereocenters. The lowest BCUT2D eigenvalue weighted by Crippen LogP contribution is -2.39. The third kappa shape index (κ3) is 3.77. The van der Waals surface area contributed by atoms with Gasteiger partial charge in [-0.25, -0.2) is 15.0 Å². The van der Waals surface area contributed by atoms with Crippen molar-refractivity contribution < 1.29 is 14.9 Å². The Morgan fingerprint density at radius 2 is 2.03 bits per heavy atom. The molecule has 0 bridgehead atoms. The highest BCUT2D eigenvalue weighted by Crippen LogP contribution is 2.48. The third-order valence-electron chi connectivity index (χ3n) is 6.73. The molecular formula is C26H26N6O3S. The smallest absolute Gasteiger partial charge is 0.234 e. The Bertz CT molecular complexity index is 1440. The predicted molar refractivity (Wildman–Crippen MR) is 137 cm³/mol. The van der Waals surface area contributed by atoms with Crippen LogP contribution in [0.15, 0.2) is 63.9 Å².